The number of anilines is 1. The third kappa shape index (κ3) is 2.93. The molecule has 1 spiro atoms. The number of carbonyl (C=O) groups excluding carboxylic acids is 3. The van der Waals surface area contributed by atoms with Gasteiger partial charge in [-0.2, -0.15) is 10.2 Å². The van der Waals surface area contributed by atoms with Gasteiger partial charge in [-0.05, 0) is 36.8 Å². The number of hydrogen-bond donors (Lipinski definition) is 0. The SMILES string of the molecule is Cc1c(N2C(=O)C3CN4CC(C(=O)CSc5ccccc5)[N+]3(C4)C2=O)ccc(C#N)c1Cl. The lowest BCUT2D eigenvalue weighted by Crippen LogP contribution is -2.62. The van der Waals surface area contributed by atoms with Crippen LogP contribution < -0.4 is 4.90 Å². The van der Waals surface area contributed by atoms with Crippen LogP contribution in [-0.2, 0) is 9.59 Å². The number of fused-ring (bicyclic) bond motifs is 1. The molecular weight excluding hydrogens is 448 g/mol. The van der Waals surface area contributed by atoms with Crippen molar-refractivity contribution in [2.75, 3.05) is 30.4 Å². The van der Waals surface area contributed by atoms with E-state index in [0.29, 0.717) is 31.0 Å². The fourth-order valence-corrected chi connectivity index (χ4v) is 6.15. The molecule has 162 valence electrons. The maximum absolute atomic E-state index is 13.8. The highest BCUT2D eigenvalue weighted by atomic mass is 35.5. The first-order chi connectivity index (χ1) is 15.4. The number of carbonyl (C=O) groups is 3. The summed E-state index contributed by atoms with van der Waals surface area (Å²) in [4.78, 5) is 44.6. The van der Waals surface area contributed by atoms with Crippen LogP contribution in [0.1, 0.15) is 11.1 Å². The quantitative estimate of drug-likeness (QED) is 0.381. The van der Waals surface area contributed by atoms with E-state index in [9.17, 15) is 19.6 Å². The number of Topliss-reactive ketones (excluding diaryl/α,β-unsaturated/α-hetero) is 1. The Morgan fingerprint density at radius 2 is 1.97 bits per heavy atom. The Bertz CT molecular complexity index is 1200. The van der Waals surface area contributed by atoms with Crippen LogP contribution in [0.25, 0.3) is 0 Å². The average Bonchev–Trinajstić information content (AvgIpc) is 3.44. The van der Waals surface area contributed by atoms with Gasteiger partial charge in [0, 0.05) is 4.90 Å². The number of ketones is 1. The van der Waals surface area contributed by atoms with E-state index in [-0.39, 0.29) is 38.5 Å². The number of urea groups is 1. The number of quaternary nitrogens is 1. The van der Waals surface area contributed by atoms with Gasteiger partial charge in [0.15, 0.2) is 12.1 Å². The molecule has 0 aromatic heterocycles. The monoisotopic (exact) mass is 467 g/mol. The Morgan fingerprint density at radius 3 is 2.69 bits per heavy atom. The van der Waals surface area contributed by atoms with E-state index in [4.69, 9.17) is 11.6 Å². The van der Waals surface area contributed by atoms with Crippen LogP contribution in [0.4, 0.5) is 10.5 Å². The minimum absolute atomic E-state index is 0.0244. The zero-order valence-electron chi connectivity index (χ0n) is 17.3. The molecule has 2 bridgehead atoms. The predicted molar refractivity (Wildman–Crippen MR) is 120 cm³/mol. The molecule has 3 saturated heterocycles. The zero-order valence-corrected chi connectivity index (χ0v) is 18.9. The molecule has 5 rings (SSSR count). The Balaban J connectivity index is 1.46. The molecule has 4 atom stereocenters. The maximum Gasteiger partial charge on any atom is 0.433 e. The highest BCUT2D eigenvalue weighted by Gasteiger charge is 2.73. The van der Waals surface area contributed by atoms with Crippen molar-refractivity contribution in [2.45, 2.75) is 23.9 Å². The summed E-state index contributed by atoms with van der Waals surface area (Å²) in [5, 5.41) is 9.45. The first-order valence-corrected chi connectivity index (χ1v) is 11.6. The third-order valence-corrected chi connectivity index (χ3v) is 8.20. The molecule has 3 heterocycles. The number of thioether (sulfide) groups is 1. The van der Waals surface area contributed by atoms with Crippen LogP contribution in [0, 0.1) is 18.3 Å². The van der Waals surface area contributed by atoms with Crippen molar-refractivity contribution < 1.29 is 18.9 Å². The molecule has 7 nitrogen and oxygen atoms in total. The van der Waals surface area contributed by atoms with Crippen LogP contribution in [-0.4, -0.2) is 64.7 Å². The van der Waals surface area contributed by atoms with Crippen molar-refractivity contribution in [3.63, 3.8) is 0 Å². The Labute approximate surface area is 194 Å². The molecule has 3 amide bonds. The van der Waals surface area contributed by atoms with Gasteiger partial charge in [-0.1, -0.05) is 29.8 Å². The fraction of sp³-hybridized carbons (Fsp3) is 0.304. The topological polar surface area (TPSA) is 81.5 Å². The smallest absolute Gasteiger partial charge is 0.292 e. The number of nitrogens with zero attached hydrogens (tertiary/aromatic N) is 4. The second-order valence-electron chi connectivity index (χ2n) is 8.35. The van der Waals surface area contributed by atoms with Crippen molar-refractivity contribution in [1.82, 2.24) is 4.90 Å². The molecule has 32 heavy (non-hydrogen) atoms. The minimum atomic E-state index is -0.597. The van der Waals surface area contributed by atoms with Crippen LogP contribution in [0.2, 0.25) is 5.02 Å². The number of halogens is 1. The Morgan fingerprint density at radius 1 is 1.22 bits per heavy atom. The lowest BCUT2D eigenvalue weighted by Gasteiger charge is -2.32. The molecule has 0 radical (unpaired) electrons. The molecule has 9 heteroatoms. The van der Waals surface area contributed by atoms with Gasteiger partial charge in [-0.25, -0.2) is 14.2 Å². The van der Waals surface area contributed by atoms with Crippen molar-refractivity contribution in [3.8, 4) is 6.07 Å². The van der Waals surface area contributed by atoms with E-state index in [1.54, 1.807) is 13.0 Å². The number of nitriles is 1. The number of imide groups is 1. The number of amides is 3. The highest BCUT2D eigenvalue weighted by Crippen LogP contribution is 2.45. The molecule has 0 saturated carbocycles. The van der Waals surface area contributed by atoms with Gasteiger partial charge in [-0.3, -0.25) is 9.59 Å². The summed E-state index contributed by atoms with van der Waals surface area (Å²) < 4.78 is -0.163. The molecular formula is C23H20ClN4O3S+. The summed E-state index contributed by atoms with van der Waals surface area (Å²) in [6.45, 7) is 2.99. The summed E-state index contributed by atoms with van der Waals surface area (Å²) in [5.41, 5.74) is 1.18. The molecule has 3 aliphatic rings. The van der Waals surface area contributed by atoms with Crippen LogP contribution in [0.15, 0.2) is 47.4 Å². The largest absolute Gasteiger partial charge is 0.433 e. The van der Waals surface area contributed by atoms with Crippen molar-refractivity contribution in [2.24, 2.45) is 0 Å². The predicted octanol–water partition coefficient (Wildman–Crippen LogP) is 3.19. The van der Waals surface area contributed by atoms with Crippen molar-refractivity contribution >= 4 is 46.8 Å². The van der Waals surface area contributed by atoms with Gasteiger partial charge in [0.25, 0.3) is 5.91 Å². The van der Waals surface area contributed by atoms with Gasteiger partial charge >= 0.3 is 6.03 Å². The van der Waals surface area contributed by atoms with Gasteiger partial charge in [-0.15, -0.1) is 11.8 Å². The fourth-order valence-electron chi connectivity index (χ4n) is 5.10. The standard InChI is InChI=1S/C23H20ClN4O3S/c1-14-17(8-7-15(9-25)21(14)24)27-22(30)19-11-26-10-18(28(19,13-26)23(27)31)20(29)12-32-16-5-3-2-4-6-16/h2-8,18-19H,10-13H2,1H3/q+1. The summed E-state index contributed by atoms with van der Waals surface area (Å²) in [5.74, 6) is -0.0865. The number of benzene rings is 2. The summed E-state index contributed by atoms with van der Waals surface area (Å²) >= 11 is 7.75. The zero-order chi connectivity index (χ0) is 22.6. The number of rotatable bonds is 5. The second-order valence-corrected chi connectivity index (χ2v) is 9.77. The third-order valence-electron chi connectivity index (χ3n) is 6.68. The van der Waals surface area contributed by atoms with Gasteiger partial charge in [0.2, 0.25) is 5.78 Å². The van der Waals surface area contributed by atoms with Gasteiger partial charge in [0.1, 0.15) is 12.7 Å². The van der Waals surface area contributed by atoms with E-state index in [2.05, 4.69) is 0 Å². The van der Waals surface area contributed by atoms with E-state index in [1.165, 1.54) is 22.7 Å². The summed E-state index contributed by atoms with van der Waals surface area (Å²) in [7, 11) is 0. The molecule has 3 aliphatic heterocycles. The average molecular weight is 468 g/mol. The van der Waals surface area contributed by atoms with Gasteiger partial charge in [0.05, 0.1) is 35.1 Å². The molecule has 3 fully saturated rings. The van der Waals surface area contributed by atoms with Crippen molar-refractivity contribution in [3.05, 3.63) is 58.6 Å². The van der Waals surface area contributed by atoms with E-state index < -0.39 is 12.1 Å². The summed E-state index contributed by atoms with van der Waals surface area (Å²) in [6, 6.07) is 13.2. The summed E-state index contributed by atoms with van der Waals surface area (Å²) in [6.07, 6.45) is 0. The molecule has 0 N–H and O–H groups in total. The second kappa shape index (κ2) is 7.71. The van der Waals surface area contributed by atoms with Crippen LogP contribution >= 0.6 is 23.4 Å². The first kappa shape index (κ1) is 21.2. The lowest BCUT2D eigenvalue weighted by molar-refractivity contribution is -0.852. The van der Waals surface area contributed by atoms with Crippen molar-refractivity contribution in [1.29, 1.82) is 5.26 Å². The Hall–Kier alpha value is -2.70. The first-order valence-electron chi connectivity index (χ1n) is 10.3. The van der Waals surface area contributed by atoms with Crippen LogP contribution in [0.5, 0.6) is 0 Å². The minimum Gasteiger partial charge on any atom is -0.292 e. The van der Waals surface area contributed by atoms with Crippen LogP contribution in [0.3, 0.4) is 0 Å². The Kier molecular flexibility index (Phi) is 5.10. The molecule has 2 aromatic rings. The van der Waals surface area contributed by atoms with E-state index in [0.717, 1.165) is 4.90 Å². The molecule has 2 aromatic carbocycles. The highest BCUT2D eigenvalue weighted by molar-refractivity contribution is 8.00. The normalized spacial score (nSPS) is 28.2. The lowest BCUT2D eigenvalue weighted by atomic mass is 10.1. The van der Waals surface area contributed by atoms with E-state index in [1.807, 2.05) is 41.3 Å². The van der Waals surface area contributed by atoms with Gasteiger partial charge < -0.3 is 0 Å². The number of piperazine rings is 1. The maximum atomic E-state index is 13.8. The molecule has 0 aliphatic carbocycles. The molecule has 4 unspecified atom stereocenters. The van der Waals surface area contributed by atoms with E-state index >= 15 is 0 Å². The number of hydrogen-bond acceptors (Lipinski definition) is 6.